The molecule has 166 valence electrons. The van der Waals surface area contributed by atoms with E-state index in [-0.39, 0.29) is 4.90 Å². The Morgan fingerprint density at radius 1 is 1.06 bits per heavy atom. The fourth-order valence-corrected chi connectivity index (χ4v) is 5.95. The van der Waals surface area contributed by atoms with Gasteiger partial charge in [-0.3, -0.25) is 0 Å². The van der Waals surface area contributed by atoms with Crippen molar-refractivity contribution in [1.82, 2.24) is 19.4 Å². The maximum atomic E-state index is 12.9. The molecule has 0 spiro atoms. The van der Waals surface area contributed by atoms with Crippen LogP contribution in [0, 0.1) is 6.92 Å². The third-order valence-electron chi connectivity index (χ3n) is 5.47. The molecule has 0 bridgehead atoms. The van der Waals surface area contributed by atoms with Gasteiger partial charge in [0.05, 0.1) is 10.6 Å². The third-order valence-corrected chi connectivity index (χ3v) is 8.17. The van der Waals surface area contributed by atoms with Crippen molar-refractivity contribution in [3.05, 3.63) is 53.9 Å². The van der Waals surface area contributed by atoms with Gasteiger partial charge in [-0.1, -0.05) is 47.6 Å². The topological polar surface area (TPSA) is 102 Å². The fourth-order valence-electron chi connectivity index (χ4n) is 3.73. The number of sulfonamides is 1. The van der Waals surface area contributed by atoms with Crippen LogP contribution in [0.5, 0.6) is 0 Å². The van der Waals surface area contributed by atoms with Crippen molar-refractivity contribution in [2.24, 2.45) is 0 Å². The average Bonchev–Trinajstić information content (AvgIpc) is 3.44. The van der Waals surface area contributed by atoms with E-state index >= 15 is 0 Å². The molecule has 0 aliphatic carbocycles. The molecule has 1 saturated heterocycles. The van der Waals surface area contributed by atoms with Crippen molar-refractivity contribution in [3.63, 3.8) is 0 Å². The number of thioether (sulfide) groups is 1. The molecule has 2 aromatic heterocycles. The number of aryl methyl sites for hydroxylation is 1. The number of rotatable bonds is 6. The second-order valence-electron chi connectivity index (χ2n) is 7.69. The van der Waals surface area contributed by atoms with Crippen molar-refractivity contribution in [3.8, 4) is 11.4 Å². The summed E-state index contributed by atoms with van der Waals surface area (Å²) in [5.41, 5.74) is 3.05. The van der Waals surface area contributed by atoms with Crippen LogP contribution in [-0.4, -0.2) is 40.9 Å². The van der Waals surface area contributed by atoms with E-state index < -0.39 is 10.0 Å². The van der Waals surface area contributed by atoms with Gasteiger partial charge in [0.2, 0.25) is 21.7 Å². The lowest BCUT2D eigenvalue weighted by Crippen LogP contribution is -2.35. The fraction of sp³-hybridized carbons (Fsp3) is 0.318. The Bertz CT molecular complexity index is 1360. The zero-order chi connectivity index (χ0) is 22.1. The Hall–Kier alpha value is -2.69. The first-order valence-electron chi connectivity index (χ1n) is 10.4. The zero-order valence-electron chi connectivity index (χ0n) is 17.5. The molecule has 3 heterocycles. The highest BCUT2D eigenvalue weighted by atomic mass is 32.2. The number of fused-ring (bicyclic) bond motifs is 1. The Morgan fingerprint density at radius 3 is 2.69 bits per heavy atom. The number of hydrogen-bond acceptors (Lipinski definition) is 8. The lowest BCUT2D eigenvalue weighted by molar-refractivity contribution is 0.346. The highest BCUT2D eigenvalue weighted by Crippen LogP contribution is 2.29. The van der Waals surface area contributed by atoms with Crippen LogP contribution in [0.3, 0.4) is 0 Å². The molecule has 0 atom stereocenters. The molecule has 1 aliphatic heterocycles. The van der Waals surface area contributed by atoms with Gasteiger partial charge in [0.1, 0.15) is 5.52 Å². The summed E-state index contributed by atoms with van der Waals surface area (Å²) in [7, 11) is -3.52. The van der Waals surface area contributed by atoms with E-state index in [9.17, 15) is 8.42 Å². The zero-order valence-corrected chi connectivity index (χ0v) is 19.2. The van der Waals surface area contributed by atoms with E-state index in [0.717, 1.165) is 30.4 Å². The maximum absolute atomic E-state index is 12.9. The number of hydrogen-bond donors (Lipinski definition) is 0. The van der Waals surface area contributed by atoms with Crippen molar-refractivity contribution in [2.45, 2.75) is 42.1 Å². The molecule has 0 saturated carbocycles. The largest absolute Gasteiger partial charge is 0.431 e. The molecule has 0 unspecified atom stereocenters. The minimum atomic E-state index is -3.52. The van der Waals surface area contributed by atoms with E-state index in [1.54, 1.807) is 22.5 Å². The number of piperidine rings is 1. The highest BCUT2D eigenvalue weighted by molar-refractivity contribution is 7.98. The minimum absolute atomic E-state index is 0.247. The highest BCUT2D eigenvalue weighted by Gasteiger charge is 2.26. The molecule has 5 rings (SSSR count). The smallest absolute Gasteiger partial charge is 0.257 e. The summed E-state index contributed by atoms with van der Waals surface area (Å²) in [5.74, 6) is 1.40. The molecule has 0 amide bonds. The molecular weight excluding hydrogens is 448 g/mol. The Morgan fingerprint density at radius 2 is 1.88 bits per heavy atom. The van der Waals surface area contributed by atoms with Gasteiger partial charge in [0.15, 0.2) is 5.58 Å². The third kappa shape index (κ3) is 4.17. The number of nitrogens with zero attached hydrogens (tertiary/aromatic N) is 4. The van der Waals surface area contributed by atoms with E-state index in [4.69, 9.17) is 8.94 Å². The molecule has 0 N–H and O–H groups in total. The lowest BCUT2D eigenvalue weighted by Gasteiger charge is -2.25. The SMILES string of the molecule is Cc1ccccc1-c1noc(CSc2nc3cc(S(=O)(=O)N4CCCCC4)ccc3o2)n1. The van der Waals surface area contributed by atoms with Crippen LogP contribution in [0.15, 0.2) is 61.5 Å². The van der Waals surface area contributed by atoms with Crippen molar-refractivity contribution in [1.29, 1.82) is 0 Å². The standard InChI is InChI=1S/C22H22N4O4S2/c1-15-7-3-4-8-17(15)21-24-20(30-25-21)14-31-22-23-18-13-16(9-10-19(18)29-22)32(27,28)26-11-5-2-6-12-26/h3-4,7-10,13H,2,5-6,11-12,14H2,1H3. The molecule has 4 aromatic rings. The number of aromatic nitrogens is 3. The number of benzene rings is 2. The Balaban J connectivity index is 1.31. The van der Waals surface area contributed by atoms with E-state index in [1.807, 2.05) is 31.2 Å². The van der Waals surface area contributed by atoms with Gasteiger partial charge in [-0.15, -0.1) is 0 Å². The molecule has 32 heavy (non-hydrogen) atoms. The first kappa shape index (κ1) is 21.2. The Labute approximate surface area is 190 Å². The molecule has 8 nitrogen and oxygen atoms in total. The van der Waals surface area contributed by atoms with Crippen LogP contribution < -0.4 is 0 Å². The summed E-state index contributed by atoms with van der Waals surface area (Å²) in [6.45, 7) is 3.13. The van der Waals surface area contributed by atoms with Crippen molar-refractivity contribution in [2.75, 3.05) is 13.1 Å². The first-order valence-corrected chi connectivity index (χ1v) is 12.9. The van der Waals surface area contributed by atoms with Gasteiger partial charge >= 0.3 is 0 Å². The quantitative estimate of drug-likeness (QED) is 0.375. The normalized spacial score (nSPS) is 15.4. The summed E-state index contributed by atoms with van der Waals surface area (Å²) < 4.78 is 38.5. The summed E-state index contributed by atoms with van der Waals surface area (Å²) in [5, 5.41) is 4.48. The van der Waals surface area contributed by atoms with Crippen LogP contribution in [0.25, 0.3) is 22.5 Å². The molecule has 2 aromatic carbocycles. The van der Waals surface area contributed by atoms with E-state index in [1.165, 1.54) is 11.8 Å². The summed E-state index contributed by atoms with van der Waals surface area (Å²) in [4.78, 5) is 9.15. The van der Waals surface area contributed by atoms with Crippen molar-refractivity contribution < 1.29 is 17.4 Å². The second kappa shape index (κ2) is 8.68. The predicted molar refractivity (Wildman–Crippen MR) is 121 cm³/mol. The van der Waals surface area contributed by atoms with E-state index in [0.29, 0.717) is 46.9 Å². The monoisotopic (exact) mass is 470 g/mol. The van der Waals surface area contributed by atoms with Crippen LogP contribution in [-0.2, 0) is 15.8 Å². The van der Waals surface area contributed by atoms with Crippen LogP contribution in [0.1, 0.15) is 30.7 Å². The molecule has 10 heteroatoms. The summed E-state index contributed by atoms with van der Waals surface area (Å²) in [6, 6.07) is 12.7. The second-order valence-corrected chi connectivity index (χ2v) is 10.6. The minimum Gasteiger partial charge on any atom is -0.431 e. The van der Waals surface area contributed by atoms with Gasteiger partial charge in [-0.25, -0.2) is 13.4 Å². The number of oxazole rings is 1. The van der Waals surface area contributed by atoms with Gasteiger partial charge in [-0.2, -0.15) is 9.29 Å². The summed E-state index contributed by atoms with van der Waals surface area (Å²) >= 11 is 1.32. The van der Waals surface area contributed by atoms with Gasteiger partial charge in [-0.05, 0) is 43.5 Å². The predicted octanol–water partition coefficient (Wildman–Crippen LogP) is 4.65. The van der Waals surface area contributed by atoms with Crippen molar-refractivity contribution >= 4 is 32.9 Å². The van der Waals surface area contributed by atoms with E-state index in [2.05, 4.69) is 15.1 Å². The maximum Gasteiger partial charge on any atom is 0.257 e. The summed E-state index contributed by atoms with van der Waals surface area (Å²) in [6.07, 6.45) is 2.86. The van der Waals surface area contributed by atoms with Crippen LogP contribution in [0.2, 0.25) is 0 Å². The van der Waals surface area contributed by atoms with Crippen LogP contribution >= 0.6 is 11.8 Å². The molecule has 1 aliphatic rings. The molecular formula is C22H22N4O4S2. The van der Waals surface area contributed by atoms with Crippen LogP contribution in [0.4, 0.5) is 0 Å². The van der Waals surface area contributed by atoms with Gasteiger partial charge in [0.25, 0.3) is 5.22 Å². The average molecular weight is 471 g/mol. The molecule has 1 fully saturated rings. The van der Waals surface area contributed by atoms with Gasteiger partial charge in [0, 0.05) is 18.7 Å². The lowest BCUT2D eigenvalue weighted by atomic mass is 10.1. The molecule has 0 radical (unpaired) electrons. The first-order chi connectivity index (χ1) is 15.5. The van der Waals surface area contributed by atoms with Gasteiger partial charge < -0.3 is 8.94 Å². The Kier molecular flexibility index (Phi) is 5.75.